The highest BCUT2D eigenvalue weighted by molar-refractivity contribution is 7.89. The van der Waals surface area contributed by atoms with Gasteiger partial charge in [0.2, 0.25) is 15.9 Å². The summed E-state index contributed by atoms with van der Waals surface area (Å²) in [7, 11) is -3.44. The maximum Gasteiger partial charge on any atom is 0.318 e. The van der Waals surface area contributed by atoms with Gasteiger partial charge in [0, 0.05) is 33.1 Å². The molecule has 22 heavy (non-hydrogen) atoms. The van der Waals surface area contributed by atoms with E-state index in [0.29, 0.717) is 43.0 Å². The summed E-state index contributed by atoms with van der Waals surface area (Å²) in [6, 6.07) is 7.43. The summed E-state index contributed by atoms with van der Waals surface area (Å²) in [5.74, 6) is 0.504. The van der Waals surface area contributed by atoms with Crippen molar-refractivity contribution < 1.29 is 12.8 Å². The van der Waals surface area contributed by atoms with Gasteiger partial charge in [-0.25, -0.2) is 8.42 Å². The van der Waals surface area contributed by atoms with Crippen LogP contribution in [-0.2, 0) is 10.0 Å². The zero-order valence-corrected chi connectivity index (χ0v) is 13.4. The molecule has 1 aliphatic rings. The summed E-state index contributed by atoms with van der Waals surface area (Å²) in [5.41, 5.74) is 0.932. The van der Waals surface area contributed by atoms with E-state index in [9.17, 15) is 8.42 Å². The molecule has 0 radical (unpaired) electrons. The van der Waals surface area contributed by atoms with Gasteiger partial charge in [-0.1, -0.05) is 17.2 Å². The largest absolute Gasteiger partial charge is 0.408 e. The number of piperazine rings is 1. The minimum atomic E-state index is -3.44. The number of aryl methyl sites for hydroxylation is 2. The number of rotatable bonds is 3. The van der Waals surface area contributed by atoms with Gasteiger partial charge < -0.3 is 9.32 Å². The lowest BCUT2D eigenvalue weighted by Crippen LogP contribution is -2.48. The fraction of sp³-hybridized carbons (Fsp3) is 0.429. The average Bonchev–Trinajstić information content (AvgIpc) is 2.94. The molecular formula is C14H18N4O3S. The lowest BCUT2D eigenvalue weighted by Gasteiger charge is -2.32. The van der Waals surface area contributed by atoms with Crippen LogP contribution in [0.15, 0.2) is 33.6 Å². The Labute approximate surface area is 129 Å². The summed E-state index contributed by atoms with van der Waals surface area (Å²) in [6.45, 7) is 5.48. The lowest BCUT2D eigenvalue weighted by atomic mass is 10.2. The van der Waals surface area contributed by atoms with Crippen LogP contribution in [0.4, 0.5) is 6.01 Å². The molecule has 1 fully saturated rings. The van der Waals surface area contributed by atoms with E-state index in [2.05, 4.69) is 10.2 Å². The first-order valence-electron chi connectivity index (χ1n) is 7.09. The van der Waals surface area contributed by atoms with E-state index in [4.69, 9.17) is 4.42 Å². The van der Waals surface area contributed by atoms with Gasteiger partial charge in [-0.3, -0.25) is 0 Å². The second-order valence-electron chi connectivity index (χ2n) is 5.31. The summed E-state index contributed by atoms with van der Waals surface area (Å²) in [4.78, 5) is 2.25. The molecule has 0 aliphatic carbocycles. The van der Waals surface area contributed by atoms with Gasteiger partial charge in [-0.05, 0) is 24.6 Å². The van der Waals surface area contributed by atoms with Crippen LogP contribution in [0.1, 0.15) is 11.5 Å². The molecular weight excluding hydrogens is 304 g/mol. The van der Waals surface area contributed by atoms with E-state index >= 15 is 0 Å². The molecule has 2 aromatic rings. The molecule has 0 atom stereocenters. The predicted octanol–water partition coefficient (Wildman–Crippen LogP) is 1.20. The molecule has 0 saturated carbocycles. The quantitative estimate of drug-likeness (QED) is 0.845. The van der Waals surface area contributed by atoms with Crippen molar-refractivity contribution >= 4 is 16.0 Å². The van der Waals surface area contributed by atoms with Crippen molar-refractivity contribution in [1.82, 2.24) is 14.5 Å². The van der Waals surface area contributed by atoms with E-state index < -0.39 is 10.0 Å². The third-order valence-corrected chi connectivity index (χ3v) is 5.55. The van der Waals surface area contributed by atoms with Crippen molar-refractivity contribution in [2.24, 2.45) is 0 Å². The van der Waals surface area contributed by atoms with Crippen LogP contribution in [0.2, 0.25) is 0 Å². The SMILES string of the molecule is Cc1cccc(S(=O)(=O)N2CCN(c3nnc(C)o3)CC2)c1. The molecule has 3 rings (SSSR count). The van der Waals surface area contributed by atoms with Crippen LogP contribution in [-0.4, -0.2) is 49.1 Å². The van der Waals surface area contributed by atoms with Crippen LogP contribution in [0.3, 0.4) is 0 Å². The Bertz CT molecular complexity index is 764. The van der Waals surface area contributed by atoms with E-state index in [1.54, 1.807) is 25.1 Å². The molecule has 1 aromatic carbocycles. The Balaban J connectivity index is 1.73. The Morgan fingerprint density at radius 1 is 1.09 bits per heavy atom. The fourth-order valence-electron chi connectivity index (χ4n) is 2.46. The van der Waals surface area contributed by atoms with E-state index in [0.717, 1.165) is 5.56 Å². The number of aromatic nitrogens is 2. The van der Waals surface area contributed by atoms with E-state index in [-0.39, 0.29) is 0 Å². The van der Waals surface area contributed by atoms with Crippen molar-refractivity contribution in [3.63, 3.8) is 0 Å². The minimum absolute atomic E-state index is 0.342. The second kappa shape index (κ2) is 5.69. The van der Waals surface area contributed by atoms with Gasteiger partial charge in [0.25, 0.3) is 0 Å². The monoisotopic (exact) mass is 322 g/mol. The maximum absolute atomic E-state index is 12.6. The zero-order valence-electron chi connectivity index (χ0n) is 12.6. The first-order chi connectivity index (χ1) is 10.5. The molecule has 118 valence electrons. The Hall–Kier alpha value is -1.93. The van der Waals surface area contributed by atoms with E-state index in [1.807, 2.05) is 17.9 Å². The van der Waals surface area contributed by atoms with Crippen molar-refractivity contribution in [2.45, 2.75) is 18.7 Å². The Morgan fingerprint density at radius 2 is 1.82 bits per heavy atom. The third-order valence-electron chi connectivity index (χ3n) is 3.65. The molecule has 2 heterocycles. The molecule has 1 saturated heterocycles. The van der Waals surface area contributed by atoms with Crippen molar-refractivity contribution in [1.29, 1.82) is 0 Å². The first kappa shape index (κ1) is 15.0. The Kier molecular flexibility index (Phi) is 3.88. The second-order valence-corrected chi connectivity index (χ2v) is 7.25. The third kappa shape index (κ3) is 2.84. The topological polar surface area (TPSA) is 79.5 Å². The van der Waals surface area contributed by atoms with Crippen molar-refractivity contribution in [3.05, 3.63) is 35.7 Å². The summed E-state index contributed by atoms with van der Waals surface area (Å²) in [6.07, 6.45) is 0. The van der Waals surface area contributed by atoms with Crippen LogP contribution in [0.25, 0.3) is 0 Å². The highest BCUT2D eigenvalue weighted by Gasteiger charge is 2.29. The predicted molar refractivity (Wildman–Crippen MR) is 81.2 cm³/mol. The molecule has 0 amide bonds. The summed E-state index contributed by atoms with van der Waals surface area (Å²) in [5, 5.41) is 7.76. The first-order valence-corrected chi connectivity index (χ1v) is 8.53. The standard InChI is InChI=1S/C14H18N4O3S/c1-11-4-3-5-13(10-11)22(19,20)18-8-6-17(7-9-18)14-16-15-12(2)21-14/h3-5,10H,6-9H2,1-2H3. The molecule has 0 N–H and O–H groups in total. The highest BCUT2D eigenvalue weighted by Crippen LogP contribution is 2.20. The molecule has 1 aliphatic heterocycles. The van der Waals surface area contributed by atoms with Crippen LogP contribution in [0, 0.1) is 13.8 Å². The number of sulfonamides is 1. The van der Waals surface area contributed by atoms with Crippen LogP contribution >= 0.6 is 0 Å². The highest BCUT2D eigenvalue weighted by atomic mass is 32.2. The van der Waals surface area contributed by atoms with Gasteiger partial charge in [0.1, 0.15) is 0 Å². The van der Waals surface area contributed by atoms with Gasteiger partial charge in [0.15, 0.2) is 0 Å². The number of hydrogen-bond acceptors (Lipinski definition) is 6. The smallest absolute Gasteiger partial charge is 0.318 e. The van der Waals surface area contributed by atoms with Gasteiger partial charge in [-0.15, -0.1) is 5.10 Å². The van der Waals surface area contributed by atoms with Gasteiger partial charge >= 0.3 is 6.01 Å². The number of anilines is 1. The van der Waals surface area contributed by atoms with Crippen LogP contribution in [0.5, 0.6) is 0 Å². The number of hydrogen-bond donors (Lipinski definition) is 0. The Morgan fingerprint density at radius 3 is 2.41 bits per heavy atom. The molecule has 0 unspecified atom stereocenters. The van der Waals surface area contributed by atoms with Crippen molar-refractivity contribution in [3.8, 4) is 0 Å². The van der Waals surface area contributed by atoms with Crippen LogP contribution < -0.4 is 4.90 Å². The normalized spacial score (nSPS) is 16.9. The van der Waals surface area contributed by atoms with Crippen molar-refractivity contribution in [2.75, 3.05) is 31.1 Å². The number of nitrogens with zero attached hydrogens (tertiary/aromatic N) is 4. The average molecular weight is 322 g/mol. The maximum atomic E-state index is 12.6. The molecule has 8 heteroatoms. The molecule has 0 bridgehead atoms. The summed E-state index contributed by atoms with van der Waals surface area (Å²) < 4.78 is 32.2. The lowest BCUT2D eigenvalue weighted by molar-refractivity contribution is 0.370. The molecule has 7 nitrogen and oxygen atoms in total. The number of benzene rings is 1. The molecule has 1 aromatic heterocycles. The van der Waals surface area contributed by atoms with Gasteiger partial charge in [0.05, 0.1) is 4.90 Å². The zero-order chi connectivity index (χ0) is 15.7. The van der Waals surface area contributed by atoms with Gasteiger partial charge in [-0.2, -0.15) is 4.31 Å². The minimum Gasteiger partial charge on any atom is -0.408 e. The molecule has 0 spiro atoms. The fourth-order valence-corrected chi connectivity index (χ4v) is 3.99. The van der Waals surface area contributed by atoms with E-state index in [1.165, 1.54) is 4.31 Å². The summed E-state index contributed by atoms with van der Waals surface area (Å²) >= 11 is 0.